The third kappa shape index (κ3) is 4.03. The molecule has 0 radical (unpaired) electrons. The molecule has 1 aromatic carbocycles. The van der Waals surface area contributed by atoms with Crippen LogP contribution >= 0.6 is 31.9 Å². The molecule has 0 spiro atoms. The lowest BCUT2D eigenvalue weighted by atomic mass is 10.2. The number of aromatic nitrogens is 1. The number of para-hydroxylation sites is 1. The fraction of sp³-hybridized carbons (Fsp3) is 0.214. The van der Waals surface area contributed by atoms with Gasteiger partial charge >= 0.3 is 0 Å². The summed E-state index contributed by atoms with van der Waals surface area (Å²) in [6.45, 7) is 3.70. The summed E-state index contributed by atoms with van der Waals surface area (Å²) in [4.78, 5) is 4.34. The molecule has 1 heterocycles. The SMILES string of the molecule is CCNCc1cc(Br)cnc1Oc1ccccc1Br. The van der Waals surface area contributed by atoms with Crippen molar-refractivity contribution in [2.45, 2.75) is 13.5 Å². The Bertz CT molecular complexity index is 561. The van der Waals surface area contributed by atoms with Gasteiger partial charge in [0.1, 0.15) is 5.75 Å². The van der Waals surface area contributed by atoms with Gasteiger partial charge in [-0.2, -0.15) is 0 Å². The smallest absolute Gasteiger partial charge is 0.223 e. The number of nitrogens with zero attached hydrogens (tertiary/aromatic N) is 1. The average Bonchev–Trinajstić information content (AvgIpc) is 2.41. The second kappa shape index (κ2) is 7.03. The lowest BCUT2D eigenvalue weighted by Gasteiger charge is -2.11. The van der Waals surface area contributed by atoms with Gasteiger partial charge in [0.2, 0.25) is 5.88 Å². The van der Waals surface area contributed by atoms with Crippen molar-refractivity contribution < 1.29 is 4.74 Å². The fourth-order valence-corrected chi connectivity index (χ4v) is 2.32. The van der Waals surface area contributed by atoms with Crippen molar-refractivity contribution in [1.29, 1.82) is 0 Å². The maximum atomic E-state index is 5.87. The Morgan fingerprint density at radius 1 is 1.26 bits per heavy atom. The Kier molecular flexibility index (Phi) is 5.36. The van der Waals surface area contributed by atoms with E-state index in [1.807, 2.05) is 30.3 Å². The minimum Gasteiger partial charge on any atom is -0.438 e. The number of hydrogen-bond donors (Lipinski definition) is 1. The molecule has 0 aliphatic carbocycles. The van der Waals surface area contributed by atoms with Crippen LogP contribution in [0.4, 0.5) is 0 Å². The van der Waals surface area contributed by atoms with Crippen LogP contribution in [0.2, 0.25) is 0 Å². The molecule has 100 valence electrons. The number of ether oxygens (including phenoxy) is 1. The largest absolute Gasteiger partial charge is 0.438 e. The summed E-state index contributed by atoms with van der Waals surface area (Å²) in [5, 5.41) is 3.28. The van der Waals surface area contributed by atoms with Gasteiger partial charge in [0.25, 0.3) is 0 Å². The van der Waals surface area contributed by atoms with E-state index in [0.717, 1.165) is 33.3 Å². The lowest BCUT2D eigenvalue weighted by Crippen LogP contribution is -2.13. The molecule has 0 amide bonds. The molecular weight excluding hydrogens is 372 g/mol. The first kappa shape index (κ1) is 14.5. The van der Waals surface area contributed by atoms with E-state index in [0.29, 0.717) is 5.88 Å². The standard InChI is InChI=1S/C14H14Br2N2O/c1-2-17-8-10-7-11(15)9-18-14(10)19-13-6-4-3-5-12(13)16/h3-7,9,17H,2,8H2,1H3. The summed E-state index contributed by atoms with van der Waals surface area (Å²) < 4.78 is 7.73. The van der Waals surface area contributed by atoms with Crippen LogP contribution < -0.4 is 10.1 Å². The van der Waals surface area contributed by atoms with Gasteiger partial charge in [0.15, 0.2) is 0 Å². The van der Waals surface area contributed by atoms with Crippen molar-refractivity contribution in [2.75, 3.05) is 6.54 Å². The molecule has 0 atom stereocenters. The van der Waals surface area contributed by atoms with E-state index in [-0.39, 0.29) is 0 Å². The Morgan fingerprint density at radius 2 is 2.05 bits per heavy atom. The van der Waals surface area contributed by atoms with Crippen molar-refractivity contribution in [1.82, 2.24) is 10.3 Å². The molecule has 5 heteroatoms. The topological polar surface area (TPSA) is 34.2 Å². The molecule has 1 aromatic heterocycles. The first-order valence-corrected chi connectivity index (χ1v) is 7.57. The van der Waals surface area contributed by atoms with Gasteiger partial charge in [-0.1, -0.05) is 19.1 Å². The van der Waals surface area contributed by atoms with Crippen LogP contribution in [0.3, 0.4) is 0 Å². The van der Waals surface area contributed by atoms with Gasteiger partial charge in [-0.25, -0.2) is 4.98 Å². The number of halogens is 2. The van der Waals surface area contributed by atoms with Gasteiger partial charge in [0, 0.05) is 22.8 Å². The molecule has 0 aliphatic rings. The predicted octanol–water partition coefficient (Wildman–Crippen LogP) is 4.51. The molecule has 0 saturated carbocycles. The summed E-state index contributed by atoms with van der Waals surface area (Å²) in [5.74, 6) is 1.38. The molecular formula is C14H14Br2N2O. The van der Waals surface area contributed by atoms with Gasteiger partial charge < -0.3 is 10.1 Å². The van der Waals surface area contributed by atoms with Gasteiger partial charge in [-0.15, -0.1) is 0 Å². The molecule has 0 bridgehead atoms. The number of rotatable bonds is 5. The van der Waals surface area contributed by atoms with Crippen LogP contribution in [0.25, 0.3) is 0 Å². The summed E-state index contributed by atoms with van der Waals surface area (Å²) in [7, 11) is 0. The third-order valence-corrected chi connectivity index (χ3v) is 3.59. The van der Waals surface area contributed by atoms with Crippen molar-refractivity contribution in [3.63, 3.8) is 0 Å². The van der Waals surface area contributed by atoms with E-state index >= 15 is 0 Å². The number of benzene rings is 1. The quantitative estimate of drug-likeness (QED) is 0.822. The summed E-state index contributed by atoms with van der Waals surface area (Å²) in [5.41, 5.74) is 1.02. The highest BCUT2D eigenvalue weighted by Gasteiger charge is 2.09. The lowest BCUT2D eigenvalue weighted by molar-refractivity contribution is 0.450. The van der Waals surface area contributed by atoms with Crippen LogP contribution in [0, 0.1) is 0 Å². The number of hydrogen-bond acceptors (Lipinski definition) is 3. The Morgan fingerprint density at radius 3 is 2.79 bits per heavy atom. The molecule has 19 heavy (non-hydrogen) atoms. The molecule has 0 fully saturated rings. The van der Waals surface area contributed by atoms with E-state index in [1.54, 1.807) is 6.20 Å². The molecule has 2 aromatic rings. The van der Waals surface area contributed by atoms with Crippen LogP contribution in [-0.4, -0.2) is 11.5 Å². The zero-order valence-corrected chi connectivity index (χ0v) is 13.7. The van der Waals surface area contributed by atoms with Crippen LogP contribution in [-0.2, 0) is 6.54 Å². The van der Waals surface area contributed by atoms with Gasteiger partial charge in [-0.05, 0) is 56.6 Å². The summed E-state index contributed by atoms with van der Waals surface area (Å²) in [6, 6.07) is 9.75. The molecule has 3 nitrogen and oxygen atoms in total. The highest BCUT2D eigenvalue weighted by atomic mass is 79.9. The zero-order valence-electron chi connectivity index (χ0n) is 10.5. The van der Waals surface area contributed by atoms with Crippen molar-refractivity contribution in [3.05, 3.63) is 51.0 Å². The molecule has 0 aliphatic heterocycles. The predicted molar refractivity (Wildman–Crippen MR) is 83.5 cm³/mol. The summed E-state index contributed by atoms with van der Waals surface area (Å²) in [6.07, 6.45) is 1.74. The minimum absolute atomic E-state index is 0.621. The Hall–Kier alpha value is -0.910. The van der Waals surface area contributed by atoms with E-state index in [2.05, 4.69) is 49.1 Å². The van der Waals surface area contributed by atoms with Gasteiger partial charge in [0.05, 0.1) is 4.47 Å². The average molecular weight is 386 g/mol. The van der Waals surface area contributed by atoms with E-state index in [4.69, 9.17) is 4.74 Å². The first-order valence-electron chi connectivity index (χ1n) is 5.98. The van der Waals surface area contributed by atoms with E-state index in [9.17, 15) is 0 Å². The molecule has 1 N–H and O–H groups in total. The van der Waals surface area contributed by atoms with Crippen molar-refractivity contribution in [2.24, 2.45) is 0 Å². The normalized spacial score (nSPS) is 10.5. The van der Waals surface area contributed by atoms with Crippen LogP contribution in [0.5, 0.6) is 11.6 Å². The maximum absolute atomic E-state index is 5.87. The minimum atomic E-state index is 0.621. The third-order valence-electron chi connectivity index (χ3n) is 2.50. The monoisotopic (exact) mass is 384 g/mol. The second-order valence-corrected chi connectivity index (χ2v) is 5.70. The fourth-order valence-electron chi connectivity index (χ4n) is 1.58. The van der Waals surface area contributed by atoms with E-state index < -0.39 is 0 Å². The van der Waals surface area contributed by atoms with Crippen molar-refractivity contribution in [3.8, 4) is 11.6 Å². The highest BCUT2D eigenvalue weighted by Crippen LogP contribution is 2.30. The Balaban J connectivity index is 2.26. The maximum Gasteiger partial charge on any atom is 0.223 e. The highest BCUT2D eigenvalue weighted by molar-refractivity contribution is 9.10. The summed E-state index contributed by atoms with van der Waals surface area (Å²) >= 11 is 6.90. The Labute approximate surface area is 129 Å². The number of pyridine rings is 1. The second-order valence-electron chi connectivity index (χ2n) is 3.93. The van der Waals surface area contributed by atoms with Crippen LogP contribution in [0.15, 0.2) is 45.5 Å². The molecule has 0 unspecified atom stereocenters. The molecule has 0 saturated heterocycles. The van der Waals surface area contributed by atoms with Crippen LogP contribution in [0.1, 0.15) is 12.5 Å². The molecule has 2 rings (SSSR count). The van der Waals surface area contributed by atoms with Crippen molar-refractivity contribution >= 4 is 31.9 Å². The number of nitrogens with one attached hydrogen (secondary N) is 1. The first-order chi connectivity index (χ1) is 9.20. The van der Waals surface area contributed by atoms with E-state index in [1.165, 1.54) is 0 Å². The van der Waals surface area contributed by atoms with Gasteiger partial charge in [-0.3, -0.25) is 0 Å². The zero-order chi connectivity index (χ0) is 13.7.